The SMILES string of the molecule is Fc1cc(-c2cccc3ccccc23)cc(N(c2ccccc2)c2ccc3c4c(cccc24)Oc2cc(-c4ccc(N(c5ccccc5)c5ccccc5)s4)ccc2-3)c1. The number of ether oxygens (including phenoxy) is 1. The van der Waals surface area contributed by atoms with Gasteiger partial charge in [0.2, 0.25) is 0 Å². The first-order chi connectivity index (χ1) is 29.2. The van der Waals surface area contributed by atoms with E-state index in [1.165, 1.54) is 0 Å². The zero-order chi connectivity index (χ0) is 39.3. The van der Waals surface area contributed by atoms with Crippen molar-refractivity contribution in [1.82, 2.24) is 0 Å². The largest absolute Gasteiger partial charge is 0.456 e. The second-order valence-electron chi connectivity index (χ2n) is 14.7. The molecular weight excluding hydrogens is 744 g/mol. The Balaban J connectivity index is 1.00. The van der Waals surface area contributed by atoms with Crippen LogP contribution in [0.15, 0.2) is 212 Å². The quantitative estimate of drug-likeness (QED) is 0.153. The fourth-order valence-electron chi connectivity index (χ4n) is 8.46. The number of benzene rings is 9. The number of para-hydroxylation sites is 3. The molecule has 2 heterocycles. The zero-order valence-electron chi connectivity index (χ0n) is 31.8. The van der Waals surface area contributed by atoms with Crippen LogP contribution in [0.25, 0.3) is 54.2 Å². The molecule has 59 heavy (non-hydrogen) atoms. The average Bonchev–Trinajstić information content (AvgIpc) is 3.77. The number of hydrogen-bond acceptors (Lipinski definition) is 4. The summed E-state index contributed by atoms with van der Waals surface area (Å²) in [6, 6.07) is 72.4. The van der Waals surface area contributed by atoms with Gasteiger partial charge in [0, 0.05) is 44.0 Å². The van der Waals surface area contributed by atoms with Crippen molar-refractivity contribution in [2.45, 2.75) is 0 Å². The Morgan fingerprint density at radius 3 is 1.81 bits per heavy atom. The van der Waals surface area contributed by atoms with Crippen LogP contribution < -0.4 is 14.5 Å². The van der Waals surface area contributed by atoms with E-state index in [0.29, 0.717) is 0 Å². The molecule has 0 atom stereocenters. The van der Waals surface area contributed by atoms with Gasteiger partial charge in [0.05, 0.1) is 5.69 Å². The lowest BCUT2D eigenvalue weighted by Gasteiger charge is -2.29. The molecule has 10 aromatic rings. The fourth-order valence-corrected chi connectivity index (χ4v) is 9.51. The fraction of sp³-hybridized carbons (Fsp3) is 0. The Morgan fingerprint density at radius 1 is 0.407 bits per heavy atom. The van der Waals surface area contributed by atoms with Gasteiger partial charge in [-0.1, -0.05) is 121 Å². The van der Waals surface area contributed by atoms with Gasteiger partial charge in [0.1, 0.15) is 22.3 Å². The number of halogens is 1. The van der Waals surface area contributed by atoms with Crippen LogP contribution in [0.3, 0.4) is 0 Å². The summed E-state index contributed by atoms with van der Waals surface area (Å²) in [6.07, 6.45) is 0. The van der Waals surface area contributed by atoms with Crippen LogP contribution in [-0.4, -0.2) is 0 Å². The summed E-state index contributed by atoms with van der Waals surface area (Å²) >= 11 is 1.75. The summed E-state index contributed by atoms with van der Waals surface area (Å²) in [4.78, 5) is 5.60. The predicted molar refractivity (Wildman–Crippen MR) is 245 cm³/mol. The summed E-state index contributed by atoms with van der Waals surface area (Å²) < 4.78 is 22.7. The second kappa shape index (κ2) is 14.5. The van der Waals surface area contributed by atoms with Crippen LogP contribution in [-0.2, 0) is 0 Å². The molecule has 1 aliphatic heterocycles. The topological polar surface area (TPSA) is 15.7 Å². The third-order valence-corrected chi connectivity index (χ3v) is 12.2. The van der Waals surface area contributed by atoms with Crippen molar-refractivity contribution in [3.63, 3.8) is 0 Å². The first kappa shape index (κ1) is 34.8. The lowest BCUT2D eigenvalue weighted by Crippen LogP contribution is -2.11. The first-order valence-electron chi connectivity index (χ1n) is 19.7. The number of fused-ring (bicyclic) bond motifs is 3. The van der Waals surface area contributed by atoms with E-state index >= 15 is 4.39 Å². The van der Waals surface area contributed by atoms with Crippen LogP contribution in [0.2, 0.25) is 0 Å². The van der Waals surface area contributed by atoms with Gasteiger partial charge in [-0.25, -0.2) is 4.39 Å². The Morgan fingerprint density at radius 2 is 1.05 bits per heavy atom. The van der Waals surface area contributed by atoms with Crippen LogP contribution in [0.4, 0.5) is 37.8 Å². The van der Waals surface area contributed by atoms with Gasteiger partial charge in [-0.3, -0.25) is 0 Å². The Labute approximate surface area is 346 Å². The highest BCUT2D eigenvalue weighted by molar-refractivity contribution is 7.19. The summed E-state index contributed by atoms with van der Waals surface area (Å²) in [7, 11) is 0. The molecule has 11 rings (SSSR count). The molecule has 0 unspecified atom stereocenters. The highest BCUT2D eigenvalue weighted by Crippen LogP contribution is 2.52. The molecule has 0 saturated heterocycles. The average molecular weight is 779 g/mol. The normalized spacial score (nSPS) is 11.6. The minimum absolute atomic E-state index is 0.298. The monoisotopic (exact) mass is 778 g/mol. The van der Waals surface area contributed by atoms with Crippen molar-refractivity contribution < 1.29 is 9.13 Å². The standard InChI is InChI=1S/C54H35FN2OS/c55-39-32-38(45-23-12-15-36-14-10-11-22-44(36)45)33-43(35-39)56(40-16-4-1-5-17-40)49-29-28-47-46-27-26-37(34-51(46)58-50-25-13-24-48(49)54(47)50)52-30-31-53(59-52)57(41-18-6-2-7-19-41)42-20-8-3-9-21-42/h1-35H. The molecule has 280 valence electrons. The lowest BCUT2D eigenvalue weighted by atomic mass is 9.92. The molecule has 1 aromatic heterocycles. The van der Waals surface area contributed by atoms with Crippen LogP contribution in [0.5, 0.6) is 11.5 Å². The predicted octanol–water partition coefficient (Wildman–Crippen LogP) is 16.2. The van der Waals surface area contributed by atoms with Crippen molar-refractivity contribution in [3.05, 3.63) is 218 Å². The van der Waals surface area contributed by atoms with E-state index in [2.05, 4.69) is 149 Å². The van der Waals surface area contributed by atoms with Gasteiger partial charge < -0.3 is 14.5 Å². The smallest absolute Gasteiger partial charge is 0.135 e. The highest BCUT2D eigenvalue weighted by Gasteiger charge is 2.26. The third-order valence-electron chi connectivity index (χ3n) is 11.1. The molecule has 0 radical (unpaired) electrons. The molecule has 5 heteroatoms. The minimum atomic E-state index is -0.298. The lowest BCUT2D eigenvalue weighted by molar-refractivity contribution is 0.487. The van der Waals surface area contributed by atoms with Crippen LogP contribution >= 0.6 is 11.3 Å². The molecule has 0 bridgehead atoms. The summed E-state index contributed by atoms with van der Waals surface area (Å²) in [5.41, 5.74) is 9.85. The van der Waals surface area contributed by atoms with E-state index in [1.807, 2.05) is 60.7 Å². The molecular formula is C54H35FN2OS. The maximum atomic E-state index is 15.9. The highest BCUT2D eigenvalue weighted by atomic mass is 32.1. The number of hydrogen-bond donors (Lipinski definition) is 0. The molecule has 0 saturated carbocycles. The molecule has 1 aliphatic rings. The maximum Gasteiger partial charge on any atom is 0.135 e. The van der Waals surface area contributed by atoms with Crippen molar-refractivity contribution >= 4 is 66.3 Å². The number of nitrogens with zero attached hydrogens (tertiary/aromatic N) is 2. The molecule has 0 amide bonds. The third kappa shape index (κ3) is 6.20. The van der Waals surface area contributed by atoms with Gasteiger partial charge in [0.15, 0.2) is 0 Å². The Hall–Kier alpha value is -7.47. The molecule has 0 aliphatic carbocycles. The van der Waals surface area contributed by atoms with E-state index in [-0.39, 0.29) is 5.82 Å². The van der Waals surface area contributed by atoms with Crippen LogP contribution in [0, 0.1) is 5.82 Å². The van der Waals surface area contributed by atoms with Crippen molar-refractivity contribution in [2.24, 2.45) is 0 Å². The number of anilines is 6. The molecule has 9 aromatic carbocycles. The second-order valence-corrected chi connectivity index (χ2v) is 15.7. The summed E-state index contributed by atoms with van der Waals surface area (Å²) in [6.45, 7) is 0. The zero-order valence-corrected chi connectivity index (χ0v) is 32.6. The van der Waals surface area contributed by atoms with Gasteiger partial charge in [-0.05, 0) is 124 Å². The van der Waals surface area contributed by atoms with Gasteiger partial charge in [-0.2, -0.15) is 0 Å². The van der Waals surface area contributed by atoms with Crippen molar-refractivity contribution in [2.75, 3.05) is 9.80 Å². The minimum Gasteiger partial charge on any atom is -0.456 e. The Kier molecular flexibility index (Phi) is 8.53. The number of rotatable bonds is 8. The van der Waals surface area contributed by atoms with E-state index in [1.54, 1.807) is 23.5 Å². The molecule has 0 fully saturated rings. The van der Waals surface area contributed by atoms with E-state index in [0.717, 1.165) is 99.2 Å². The Bertz CT molecular complexity index is 3120. The van der Waals surface area contributed by atoms with Gasteiger partial charge in [-0.15, -0.1) is 11.3 Å². The summed E-state index contributed by atoms with van der Waals surface area (Å²) in [5.74, 6) is 1.31. The first-order valence-corrected chi connectivity index (χ1v) is 20.5. The van der Waals surface area contributed by atoms with Gasteiger partial charge in [0.25, 0.3) is 0 Å². The van der Waals surface area contributed by atoms with Crippen molar-refractivity contribution in [1.29, 1.82) is 0 Å². The molecule has 0 spiro atoms. The van der Waals surface area contributed by atoms with Crippen LogP contribution in [0.1, 0.15) is 0 Å². The van der Waals surface area contributed by atoms with Gasteiger partial charge >= 0.3 is 0 Å². The summed E-state index contributed by atoms with van der Waals surface area (Å²) in [5, 5.41) is 5.36. The van der Waals surface area contributed by atoms with E-state index in [9.17, 15) is 0 Å². The maximum absolute atomic E-state index is 15.9. The molecule has 3 nitrogen and oxygen atoms in total. The van der Waals surface area contributed by atoms with Crippen molar-refractivity contribution in [3.8, 4) is 44.2 Å². The molecule has 0 N–H and O–H groups in total. The number of thiophene rings is 1. The van der Waals surface area contributed by atoms with E-state index < -0.39 is 0 Å². The van der Waals surface area contributed by atoms with E-state index in [4.69, 9.17) is 4.74 Å².